The summed E-state index contributed by atoms with van der Waals surface area (Å²) < 4.78 is 7.38. The molecule has 0 spiro atoms. The fraction of sp³-hybridized carbons (Fsp3) is 0.667. The van der Waals surface area contributed by atoms with Gasteiger partial charge in [0, 0.05) is 44.1 Å². The standard InChI is InChI=1S/C16H26N4O2.2CH2O2/c1-15(2,11-19-7-9-22-10-8-19)18-14(21)16(3-4-16)12-20-6-5-17-13-20;2*2-1-3/h5-6,13H,3-4,7-12H2,1-2H3,(H,18,21);2*1H,(H,2,3). The minimum Gasteiger partial charge on any atom is -0.483 e. The Kier molecular flexibility index (Phi) is 9.60. The molecule has 0 atom stereocenters. The van der Waals surface area contributed by atoms with Crippen LogP contribution >= 0.6 is 0 Å². The molecule has 0 unspecified atom stereocenters. The largest absolute Gasteiger partial charge is 0.483 e. The van der Waals surface area contributed by atoms with Crippen molar-refractivity contribution in [2.24, 2.45) is 5.41 Å². The Hall–Kier alpha value is -2.46. The highest BCUT2D eigenvalue weighted by atomic mass is 16.5. The van der Waals surface area contributed by atoms with E-state index in [0.717, 1.165) is 52.2 Å². The zero-order valence-corrected chi connectivity index (χ0v) is 16.4. The van der Waals surface area contributed by atoms with Crippen LogP contribution in [0.25, 0.3) is 0 Å². The van der Waals surface area contributed by atoms with Gasteiger partial charge in [0.05, 0.1) is 25.0 Å². The summed E-state index contributed by atoms with van der Waals surface area (Å²) in [6.07, 6.45) is 7.39. The van der Waals surface area contributed by atoms with Crippen LogP contribution in [0, 0.1) is 5.41 Å². The molecule has 10 nitrogen and oxygen atoms in total. The first-order valence-corrected chi connectivity index (χ1v) is 9.06. The van der Waals surface area contributed by atoms with Gasteiger partial charge < -0.3 is 24.8 Å². The summed E-state index contributed by atoms with van der Waals surface area (Å²) in [6.45, 7) is 8.76. The summed E-state index contributed by atoms with van der Waals surface area (Å²) in [5, 5.41) is 17.0. The van der Waals surface area contributed by atoms with Gasteiger partial charge in [-0.05, 0) is 26.7 Å². The molecule has 10 heteroatoms. The number of rotatable bonds is 6. The molecule has 2 aliphatic rings. The zero-order chi connectivity index (χ0) is 21.0. The lowest BCUT2D eigenvalue weighted by molar-refractivity contribution is -0.129. The molecule has 158 valence electrons. The van der Waals surface area contributed by atoms with E-state index in [-0.39, 0.29) is 29.8 Å². The van der Waals surface area contributed by atoms with E-state index in [2.05, 4.69) is 29.0 Å². The monoisotopic (exact) mass is 398 g/mol. The number of nitrogens with zero attached hydrogens (tertiary/aromatic N) is 3. The maximum atomic E-state index is 12.7. The molecule has 0 bridgehead atoms. The smallest absolute Gasteiger partial charge is 0.290 e. The first kappa shape index (κ1) is 23.6. The second kappa shape index (κ2) is 11.4. The number of nitrogens with one attached hydrogen (secondary N) is 1. The van der Waals surface area contributed by atoms with E-state index in [1.165, 1.54) is 0 Å². The Morgan fingerprint density at radius 1 is 1.25 bits per heavy atom. The first-order chi connectivity index (χ1) is 13.3. The molecule has 28 heavy (non-hydrogen) atoms. The molecule has 1 aliphatic carbocycles. The minimum absolute atomic E-state index is 0.180. The van der Waals surface area contributed by atoms with Crippen LogP contribution < -0.4 is 5.32 Å². The second-order valence-electron chi connectivity index (χ2n) is 7.45. The van der Waals surface area contributed by atoms with Gasteiger partial charge in [0.25, 0.3) is 12.9 Å². The van der Waals surface area contributed by atoms with Gasteiger partial charge in [-0.2, -0.15) is 0 Å². The van der Waals surface area contributed by atoms with Crippen molar-refractivity contribution < 1.29 is 29.3 Å². The Morgan fingerprint density at radius 2 is 1.82 bits per heavy atom. The lowest BCUT2D eigenvalue weighted by atomic mass is 10.00. The summed E-state index contributed by atoms with van der Waals surface area (Å²) in [6, 6.07) is 0. The van der Waals surface area contributed by atoms with Crippen LogP contribution in [-0.2, 0) is 25.7 Å². The predicted molar refractivity (Wildman–Crippen MR) is 101 cm³/mol. The number of imidazole rings is 1. The van der Waals surface area contributed by atoms with Gasteiger partial charge in [-0.3, -0.25) is 19.3 Å². The molecule has 3 rings (SSSR count). The quantitative estimate of drug-likeness (QED) is 0.582. The molecule has 1 aliphatic heterocycles. The Labute approximate surface area is 164 Å². The SMILES string of the molecule is CC(C)(CN1CCOCC1)NC(=O)C1(Cn2ccnc2)CC1.O=CO.O=CO. The van der Waals surface area contributed by atoms with Gasteiger partial charge in [-0.15, -0.1) is 0 Å². The molecule has 0 radical (unpaired) electrons. The summed E-state index contributed by atoms with van der Waals surface area (Å²) >= 11 is 0. The second-order valence-corrected chi connectivity index (χ2v) is 7.45. The number of ether oxygens (including phenoxy) is 1. The number of morpholine rings is 1. The van der Waals surface area contributed by atoms with Gasteiger partial charge in [-0.25, -0.2) is 4.98 Å². The van der Waals surface area contributed by atoms with Crippen LogP contribution in [0.3, 0.4) is 0 Å². The molecule has 3 N–H and O–H groups in total. The predicted octanol–water partition coefficient (Wildman–Crippen LogP) is 0.292. The Bertz CT molecular complexity index is 589. The summed E-state index contributed by atoms with van der Waals surface area (Å²) in [7, 11) is 0. The van der Waals surface area contributed by atoms with Crippen LogP contribution in [0.5, 0.6) is 0 Å². The molecular weight excluding hydrogens is 368 g/mol. The van der Waals surface area contributed by atoms with Crippen molar-refractivity contribution in [1.29, 1.82) is 0 Å². The molecule has 2 heterocycles. The number of hydrogen-bond donors (Lipinski definition) is 3. The number of carbonyl (C=O) groups is 3. The van der Waals surface area contributed by atoms with E-state index in [1.54, 1.807) is 12.5 Å². The lowest BCUT2D eigenvalue weighted by Gasteiger charge is -2.36. The summed E-state index contributed by atoms with van der Waals surface area (Å²) in [5.41, 5.74) is -0.456. The topological polar surface area (TPSA) is 134 Å². The van der Waals surface area contributed by atoms with E-state index in [1.807, 2.05) is 10.8 Å². The van der Waals surface area contributed by atoms with Crippen LogP contribution in [0.2, 0.25) is 0 Å². The maximum Gasteiger partial charge on any atom is 0.290 e. The maximum absolute atomic E-state index is 12.7. The highest BCUT2D eigenvalue weighted by Crippen LogP contribution is 2.47. The van der Waals surface area contributed by atoms with Crippen molar-refractivity contribution in [3.8, 4) is 0 Å². The van der Waals surface area contributed by atoms with Crippen LogP contribution in [0.4, 0.5) is 0 Å². The number of carboxylic acid groups (broad SMARTS) is 2. The third-order valence-electron chi connectivity index (χ3n) is 4.55. The fourth-order valence-electron chi connectivity index (χ4n) is 3.14. The number of hydrogen-bond acceptors (Lipinski definition) is 6. The van der Waals surface area contributed by atoms with Crippen molar-refractivity contribution in [3.05, 3.63) is 18.7 Å². The lowest BCUT2D eigenvalue weighted by Crippen LogP contribution is -2.55. The molecule has 1 amide bonds. The van der Waals surface area contributed by atoms with Crippen molar-refractivity contribution in [2.45, 2.75) is 38.8 Å². The van der Waals surface area contributed by atoms with E-state index in [9.17, 15) is 4.79 Å². The fourth-order valence-corrected chi connectivity index (χ4v) is 3.14. The van der Waals surface area contributed by atoms with Crippen LogP contribution in [0.15, 0.2) is 18.7 Å². The zero-order valence-electron chi connectivity index (χ0n) is 16.4. The highest BCUT2D eigenvalue weighted by Gasteiger charge is 2.51. The number of aromatic nitrogens is 2. The summed E-state index contributed by atoms with van der Waals surface area (Å²) in [5.74, 6) is 0.180. The van der Waals surface area contributed by atoms with Crippen LogP contribution in [0.1, 0.15) is 26.7 Å². The van der Waals surface area contributed by atoms with Gasteiger partial charge >= 0.3 is 0 Å². The van der Waals surface area contributed by atoms with E-state index in [0.29, 0.717) is 0 Å². The van der Waals surface area contributed by atoms with Gasteiger partial charge in [0.2, 0.25) is 5.91 Å². The van der Waals surface area contributed by atoms with E-state index < -0.39 is 0 Å². The normalized spacial score (nSPS) is 17.8. The van der Waals surface area contributed by atoms with E-state index >= 15 is 0 Å². The van der Waals surface area contributed by atoms with Crippen molar-refractivity contribution in [3.63, 3.8) is 0 Å². The van der Waals surface area contributed by atoms with E-state index in [4.69, 9.17) is 24.5 Å². The molecule has 1 saturated carbocycles. The number of amides is 1. The third-order valence-corrected chi connectivity index (χ3v) is 4.55. The molecule has 1 aromatic rings. The Morgan fingerprint density at radius 3 is 2.29 bits per heavy atom. The summed E-state index contributed by atoms with van der Waals surface area (Å²) in [4.78, 5) is 35.9. The molecule has 1 saturated heterocycles. The van der Waals surface area contributed by atoms with Crippen molar-refractivity contribution in [1.82, 2.24) is 19.8 Å². The molecule has 0 aromatic carbocycles. The van der Waals surface area contributed by atoms with Crippen molar-refractivity contribution in [2.75, 3.05) is 32.8 Å². The minimum atomic E-state index is -0.250. The number of carbonyl (C=O) groups excluding carboxylic acids is 1. The van der Waals surface area contributed by atoms with Gasteiger partial charge in [0.1, 0.15) is 0 Å². The average Bonchev–Trinajstić information content (AvgIpc) is 3.23. The van der Waals surface area contributed by atoms with Gasteiger partial charge in [0.15, 0.2) is 0 Å². The molecular formula is C18H30N4O6. The van der Waals surface area contributed by atoms with Crippen LogP contribution in [-0.4, -0.2) is 81.9 Å². The molecule has 2 fully saturated rings. The highest BCUT2D eigenvalue weighted by molar-refractivity contribution is 5.85. The first-order valence-electron chi connectivity index (χ1n) is 9.06. The average molecular weight is 398 g/mol. The van der Waals surface area contributed by atoms with Gasteiger partial charge in [-0.1, -0.05) is 0 Å². The van der Waals surface area contributed by atoms with Crippen molar-refractivity contribution >= 4 is 18.9 Å². The third kappa shape index (κ3) is 8.05. The molecule has 1 aromatic heterocycles. The Balaban J connectivity index is 0.000000582.